The number of rotatable bonds is 4. The summed E-state index contributed by atoms with van der Waals surface area (Å²) >= 11 is 1.78. The molecule has 0 bridgehead atoms. The lowest BCUT2D eigenvalue weighted by atomic mass is 9.86. The van der Waals surface area contributed by atoms with Crippen LogP contribution >= 0.6 is 11.8 Å². The topological polar surface area (TPSA) is 20.2 Å². The van der Waals surface area contributed by atoms with Crippen molar-refractivity contribution in [1.82, 2.24) is 0 Å². The molecule has 94 valence electrons. The van der Waals surface area contributed by atoms with Gasteiger partial charge in [0.25, 0.3) is 0 Å². The molecule has 0 saturated heterocycles. The SMILES string of the molecule is Cc1ccc(SC[C@@H](O)C2CCCCC2)cc1. The van der Waals surface area contributed by atoms with E-state index in [4.69, 9.17) is 0 Å². The molecular weight excluding hydrogens is 228 g/mol. The van der Waals surface area contributed by atoms with Gasteiger partial charge >= 0.3 is 0 Å². The molecule has 2 rings (SSSR count). The summed E-state index contributed by atoms with van der Waals surface area (Å²) in [5.74, 6) is 1.38. The first-order valence-corrected chi connectivity index (χ1v) is 7.62. The maximum Gasteiger partial charge on any atom is 0.0662 e. The van der Waals surface area contributed by atoms with Crippen LogP contribution in [0.2, 0.25) is 0 Å². The zero-order valence-corrected chi connectivity index (χ0v) is 11.4. The van der Waals surface area contributed by atoms with Crippen molar-refractivity contribution < 1.29 is 5.11 Å². The Morgan fingerprint density at radius 2 is 1.82 bits per heavy atom. The molecule has 0 radical (unpaired) electrons. The van der Waals surface area contributed by atoms with Gasteiger partial charge in [0.2, 0.25) is 0 Å². The van der Waals surface area contributed by atoms with Crippen molar-refractivity contribution in [2.24, 2.45) is 5.92 Å². The summed E-state index contributed by atoms with van der Waals surface area (Å²) in [6.45, 7) is 2.10. The highest BCUT2D eigenvalue weighted by Crippen LogP contribution is 2.29. The van der Waals surface area contributed by atoms with Gasteiger partial charge < -0.3 is 5.11 Å². The predicted octanol–water partition coefficient (Wildman–Crippen LogP) is 4.03. The van der Waals surface area contributed by atoms with Crippen molar-refractivity contribution in [3.8, 4) is 0 Å². The van der Waals surface area contributed by atoms with E-state index in [0.717, 1.165) is 5.75 Å². The first kappa shape index (κ1) is 13.0. The van der Waals surface area contributed by atoms with E-state index in [9.17, 15) is 5.11 Å². The lowest BCUT2D eigenvalue weighted by Gasteiger charge is -2.26. The molecule has 1 aromatic rings. The van der Waals surface area contributed by atoms with Gasteiger partial charge in [0.15, 0.2) is 0 Å². The van der Waals surface area contributed by atoms with Gasteiger partial charge in [-0.15, -0.1) is 11.8 Å². The van der Waals surface area contributed by atoms with Crippen LogP contribution < -0.4 is 0 Å². The quantitative estimate of drug-likeness (QED) is 0.814. The fraction of sp³-hybridized carbons (Fsp3) is 0.600. The molecule has 0 amide bonds. The van der Waals surface area contributed by atoms with Gasteiger partial charge in [0.1, 0.15) is 0 Å². The highest BCUT2D eigenvalue weighted by molar-refractivity contribution is 7.99. The summed E-state index contributed by atoms with van der Waals surface area (Å²) in [4.78, 5) is 1.27. The first-order valence-electron chi connectivity index (χ1n) is 6.63. The molecule has 1 aliphatic carbocycles. The fourth-order valence-electron chi connectivity index (χ4n) is 2.47. The van der Waals surface area contributed by atoms with E-state index in [2.05, 4.69) is 31.2 Å². The van der Waals surface area contributed by atoms with E-state index >= 15 is 0 Å². The van der Waals surface area contributed by atoms with Crippen molar-refractivity contribution in [1.29, 1.82) is 0 Å². The van der Waals surface area contributed by atoms with Crippen LogP contribution in [-0.4, -0.2) is 17.0 Å². The zero-order chi connectivity index (χ0) is 12.1. The molecule has 0 heterocycles. The molecule has 0 unspecified atom stereocenters. The summed E-state index contributed by atoms with van der Waals surface area (Å²) in [6, 6.07) is 8.56. The second kappa shape index (κ2) is 6.46. The molecular formula is C15H22OS. The Bertz CT molecular complexity index is 327. The monoisotopic (exact) mass is 250 g/mol. The number of thioether (sulfide) groups is 1. The number of aryl methyl sites for hydroxylation is 1. The van der Waals surface area contributed by atoms with Crippen molar-refractivity contribution >= 4 is 11.8 Å². The van der Waals surface area contributed by atoms with E-state index in [1.165, 1.54) is 42.6 Å². The number of hydrogen-bond acceptors (Lipinski definition) is 2. The predicted molar refractivity (Wildman–Crippen MR) is 74.5 cm³/mol. The normalized spacial score (nSPS) is 19.2. The molecule has 1 atom stereocenters. The van der Waals surface area contributed by atoms with Gasteiger partial charge in [0.05, 0.1) is 6.10 Å². The highest BCUT2D eigenvalue weighted by atomic mass is 32.2. The molecule has 2 heteroatoms. The van der Waals surface area contributed by atoms with Gasteiger partial charge in [-0.05, 0) is 37.8 Å². The molecule has 1 aromatic carbocycles. The van der Waals surface area contributed by atoms with Crippen molar-refractivity contribution in [3.63, 3.8) is 0 Å². The number of hydrogen-bond donors (Lipinski definition) is 1. The lowest BCUT2D eigenvalue weighted by Crippen LogP contribution is -2.24. The van der Waals surface area contributed by atoms with Crippen LogP contribution in [0.25, 0.3) is 0 Å². The Kier molecular flexibility index (Phi) is 4.93. The van der Waals surface area contributed by atoms with E-state index in [-0.39, 0.29) is 6.10 Å². The third-order valence-electron chi connectivity index (χ3n) is 3.64. The maximum absolute atomic E-state index is 10.2. The van der Waals surface area contributed by atoms with Crippen molar-refractivity contribution in [2.45, 2.75) is 50.0 Å². The minimum atomic E-state index is -0.124. The standard InChI is InChI=1S/C15H22OS/c1-12-7-9-14(10-8-12)17-11-15(16)13-5-3-2-4-6-13/h7-10,13,15-16H,2-6,11H2,1H3/t15-/m1/s1. The van der Waals surface area contributed by atoms with Gasteiger partial charge in [-0.1, -0.05) is 37.0 Å². The van der Waals surface area contributed by atoms with Crippen molar-refractivity contribution in [3.05, 3.63) is 29.8 Å². The van der Waals surface area contributed by atoms with Crippen LogP contribution in [0.3, 0.4) is 0 Å². The third kappa shape index (κ3) is 4.04. The van der Waals surface area contributed by atoms with E-state index < -0.39 is 0 Å². The Labute approximate surface area is 109 Å². The molecule has 0 aromatic heterocycles. The second-order valence-electron chi connectivity index (χ2n) is 5.09. The minimum Gasteiger partial charge on any atom is -0.392 e. The smallest absolute Gasteiger partial charge is 0.0662 e. The van der Waals surface area contributed by atoms with Gasteiger partial charge in [-0.3, -0.25) is 0 Å². The van der Waals surface area contributed by atoms with Gasteiger partial charge in [0, 0.05) is 10.6 Å². The second-order valence-corrected chi connectivity index (χ2v) is 6.18. The summed E-state index contributed by atoms with van der Waals surface area (Å²) in [7, 11) is 0. The zero-order valence-electron chi connectivity index (χ0n) is 10.6. The Balaban J connectivity index is 1.78. The van der Waals surface area contributed by atoms with Crippen LogP contribution in [0.1, 0.15) is 37.7 Å². The van der Waals surface area contributed by atoms with Gasteiger partial charge in [-0.25, -0.2) is 0 Å². The molecule has 1 N–H and O–H groups in total. The van der Waals surface area contributed by atoms with Crippen LogP contribution in [0.15, 0.2) is 29.2 Å². The van der Waals surface area contributed by atoms with E-state index in [1.54, 1.807) is 11.8 Å². The maximum atomic E-state index is 10.2. The van der Waals surface area contributed by atoms with Crippen LogP contribution in [0.5, 0.6) is 0 Å². The van der Waals surface area contributed by atoms with Crippen LogP contribution in [-0.2, 0) is 0 Å². The van der Waals surface area contributed by atoms with Gasteiger partial charge in [-0.2, -0.15) is 0 Å². The molecule has 17 heavy (non-hydrogen) atoms. The fourth-order valence-corrected chi connectivity index (χ4v) is 3.44. The van der Waals surface area contributed by atoms with Crippen LogP contribution in [0, 0.1) is 12.8 Å². The molecule has 1 aliphatic rings. The van der Waals surface area contributed by atoms with Crippen LogP contribution in [0.4, 0.5) is 0 Å². The number of aliphatic hydroxyl groups is 1. The number of aliphatic hydroxyl groups excluding tert-OH is 1. The average molecular weight is 250 g/mol. The summed E-state index contributed by atoms with van der Waals surface area (Å²) < 4.78 is 0. The lowest BCUT2D eigenvalue weighted by molar-refractivity contribution is 0.105. The molecule has 0 spiro atoms. The molecule has 1 saturated carbocycles. The Hall–Kier alpha value is -0.470. The van der Waals surface area contributed by atoms with Crippen molar-refractivity contribution in [2.75, 3.05) is 5.75 Å². The average Bonchev–Trinajstić information content (AvgIpc) is 2.39. The molecule has 1 fully saturated rings. The number of benzene rings is 1. The molecule has 0 aliphatic heterocycles. The molecule has 1 nitrogen and oxygen atoms in total. The Morgan fingerprint density at radius 1 is 1.18 bits per heavy atom. The first-order chi connectivity index (χ1) is 8.25. The van der Waals surface area contributed by atoms with E-state index in [0.29, 0.717) is 5.92 Å². The third-order valence-corrected chi connectivity index (χ3v) is 4.75. The Morgan fingerprint density at radius 3 is 2.47 bits per heavy atom. The largest absolute Gasteiger partial charge is 0.392 e. The highest BCUT2D eigenvalue weighted by Gasteiger charge is 2.21. The summed E-state index contributed by atoms with van der Waals surface area (Å²) in [5, 5.41) is 10.2. The summed E-state index contributed by atoms with van der Waals surface area (Å²) in [5.41, 5.74) is 1.29. The summed E-state index contributed by atoms with van der Waals surface area (Å²) in [6.07, 6.45) is 6.27. The minimum absolute atomic E-state index is 0.124. The van der Waals surface area contributed by atoms with E-state index in [1.807, 2.05) is 0 Å².